The summed E-state index contributed by atoms with van der Waals surface area (Å²) in [6, 6.07) is 14.1. The van der Waals surface area contributed by atoms with E-state index in [4.69, 9.17) is 5.11 Å². The molecule has 10 heteroatoms. The lowest BCUT2D eigenvalue weighted by Crippen LogP contribution is -2.42. The number of hydrogen-bond acceptors (Lipinski definition) is 9. The molecule has 1 saturated heterocycles. The largest absolute Gasteiger partial charge is 0.480 e. The number of rotatable bonds is 12. The van der Waals surface area contributed by atoms with E-state index in [9.17, 15) is 4.79 Å². The first-order valence-electron chi connectivity index (χ1n) is 11.9. The fraction of sp³-hybridized carbons (Fsp3) is 0.360. The number of hydrogen-bond donors (Lipinski definition) is 5. The minimum atomic E-state index is -0.849. The number of aromatic nitrogens is 3. The second-order valence-corrected chi connectivity index (χ2v) is 8.40. The normalized spacial score (nSPS) is 13.9. The number of carboxylic acids is 1. The number of aliphatic carboxylic acids is 1. The summed E-state index contributed by atoms with van der Waals surface area (Å²) in [6.07, 6.45) is 4.32. The Morgan fingerprint density at radius 3 is 2.77 bits per heavy atom. The lowest BCUT2D eigenvalue weighted by molar-refractivity contribution is -0.135. The summed E-state index contributed by atoms with van der Waals surface area (Å²) in [5, 5.41) is 21.4. The predicted octanol–water partition coefficient (Wildman–Crippen LogP) is 2.16. The molecule has 1 fully saturated rings. The summed E-state index contributed by atoms with van der Waals surface area (Å²) < 4.78 is 0. The van der Waals surface area contributed by atoms with E-state index in [1.807, 2.05) is 24.3 Å². The fourth-order valence-corrected chi connectivity index (χ4v) is 3.86. The SMILES string of the molecule is O=C(O)CNCCCNc1ccc(-c2ccnc(Nc3cccc(CN4CCNCC4)c3)n2)cn1. The molecular formula is C25H32N8O2. The lowest BCUT2D eigenvalue weighted by atomic mass is 10.1. The number of pyridine rings is 1. The zero-order chi connectivity index (χ0) is 24.3. The number of carboxylic acid groups (broad SMARTS) is 1. The quantitative estimate of drug-likeness (QED) is 0.248. The van der Waals surface area contributed by atoms with Crippen molar-refractivity contribution < 1.29 is 9.90 Å². The smallest absolute Gasteiger partial charge is 0.317 e. The molecule has 3 aromatic rings. The molecule has 4 rings (SSSR count). The van der Waals surface area contributed by atoms with Crippen LogP contribution in [0, 0.1) is 0 Å². The van der Waals surface area contributed by atoms with Crippen LogP contribution in [-0.4, -0.2) is 76.7 Å². The Morgan fingerprint density at radius 2 is 1.97 bits per heavy atom. The van der Waals surface area contributed by atoms with Gasteiger partial charge < -0.3 is 26.4 Å². The van der Waals surface area contributed by atoms with Crippen LogP contribution < -0.4 is 21.3 Å². The minimum absolute atomic E-state index is 0.0231. The average Bonchev–Trinajstić information content (AvgIpc) is 2.87. The van der Waals surface area contributed by atoms with Gasteiger partial charge in [-0.25, -0.2) is 15.0 Å². The molecule has 2 aromatic heterocycles. The molecule has 1 aromatic carbocycles. The van der Waals surface area contributed by atoms with Gasteiger partial charge in [0.05, 0.1) is 12.2 Å². The van der Waals surface area contributed by atoms with Crippen molar-refractivity contribution in [2.75, 3.05) is 56.4 Å². The average molecular weight is 477 g/mol. The third-order valence-corrected chi connectivity index (χ3v) is 5.63. The maximum Gasteiger partial charge on any atom is 0.317 e. The standard InChI is InChI=1S/C25H32N8O2/c34-24(35)17-27-8-2-9-28-23-6-5-20(16-30-23)22-7-10-29-25(32-22)31-21-4-1-3-19(15-21)18-33-13-11-26-12-14-33/h1,3-7,10,15-16,26-27H,2,8-9,11-14,17-18H2,(H,28,30)(H,34,35)(H,29,31,32). The molecule has 0 radical (unpaired) electrons. The van der Waals surface area contributed by atoms with Gasteiger partial charge in [-0.2, -0.15) is 0 Å². The van der Waals surface area contributed by atoms with Gasteiger partial charge in [-0.05, 0) is 48.9 Å². The minimum Gasteiger partial charge on any atom is -0.480 e. The number of carbonyl (C=O) groups is 1. The van der Waals surface area contributed by atoms with Crippen molar-refractivity contribution in [2.24, 2.45) is 0 Å². The first kappa shape index (κ1) is 24.5. The molecule has 0 saturated carbocycles. The molecule has 0 aliphatic carbocycles. The van der Waals surface area contributed by atoms with E-state index in [0.29, 0.717) is 19.0 Å². The molecule has 0 atom stereocenters. The third-order valence-electron chi connectivity index (χ3n) is 5.63. The number of benzene rings is 1. The van der Waals surface area contributed by atoms with E-state index < -0.39 is 5.97 Å². The highest BCUT2D eigenvalue weighted by Crippen LogP contribution is 2.21. The molecule has 3 heterocycles. The summed E-state index contributed by atoms with van der Waals surface area (Å²) in [7, 11) is 0. The zero-order valence-electron chi connectivity index (χ0n) is 19.7. The predicted molar refractivity (Wildman–Crippen MR) is 137 cm³/mol. The molecule has 35 heavy (non-hydrogen) atoms. The molecule has 5 N–H and O–H groups in total. The van der Waals surface area contributed by atoms with Gasteiger partial charge in [-0.3, -0.25) is 9.69 Å². The first-order chi connectivity index (χ1) is 17.2. The molecule has 1 aliphatic heterocycles. The highest BCUT2D eigenvalue weighted by atomic mass is 16.4. The Balaban J connectivity index is 1.31. The molecule has 0 unspecified atom stereocenters. The number of nitrogens with one attached hydrogen (secondary N) is 4. The van der Waals surface area contributed by atoms with Gasteiger partial charge in [-0.1, -0.05) is 12.1 Å². The summed E-state index contributed by atoms with van der Waals surface area (Å²) >= 11 is 0. The second-order valence-electron chi connectivity index (χ2n) is 8.40. The van der Waals surface area contributed by atoms with E-state index in [0.717, 1.165) is 61.9 Å². The highest BCUT2D eigenvalue weighted by molar-refractivity contribution is 5.69. The number of nitrogens with zero attached hydrogens (tertiary/aromatic N) is 4. The van der Waals surface area contributed by atoms with E-state index in [-0.39, 0.29) is 6.54 Å². The van der Waals surface area contributed by atoms with Gasteiger partial charge >= 0.3 is 5.97 Å². The van der Waals surface area contributed by atoms with Crippen molar-refractivity contribution in [2.45, 2.75) is 13.0 Å². The van der Waals surface area contributed by atoms with Crippen molar-refractivity contribution in [3.63, 3.8) is 0 Å². The van der Waals surface area contributed by atoms with Crippen LogP contribution in [-0.2, 0) is 11.3 Å². The third kappa shape index (κ3) is 7.99. The molecule has 184 valence electrons. The van der Waals surface area contributed by atoms with Crippen LogP contribution in [0.15, 0.2) is 54.9 Å². The Morgan fingerprint density at radius 1 is 1.09 bits per heavy atom. The molecule has 1 aliphatic rings. The van der Waals surface area contributed by atoms with E-state index in [1.54, 1.807) is 12.4 Å². The zero-order valence-corrected chi connectivity index (χ0v) is 19.7. The van der Waals surface area contributed by atoms with Gasteiger partial charge in [-0.15, -0.1) is 0 Å². The highest BCUT2D eigenvalue weighted by Gasteiger charge is 2.10. The molecule has 0 amide bonds. The van der Waals surface area contributed by atoms with Crippen LogP contribution >= 0.6 is 0 Å². The monoisotopic (exact) mass is 476 g/mol. The first-order valence-corrected chi connectivity index (χ1v) is 11.9. The van der Waals surface area contributed by atoms with Gasteiger partial charge in [0.2, 0.25) is 5.95 Å². The van der Waals surface area contributed by atoms with Crippen LogP contribution in [0.1, 0.15) is 12.0 Å². The lowest BCUT2D eigenvalue weighted by Gasteiger charge is -2.27. The maximum atomic E-state index is 10.5. The Labute approximate surface area is 205 Å². The van der Waals surface area contributed by atoms with Gasteiger partial charge in [0, 0.05) is 62.9 Å². The summed E-state index contributed by atoms with van der Waals surface area (Å²) in [4.78, 5) is 26.5. The van der Waals surface area contributed by atoms with Gasteiger partial charge in [0.1, 0.15) is 5.82 Å². The Bertz CT molecular complexity index is 1090. The van der Waals surface area contributed by atoms with Crippen molar-refractivity contribution in [1.29, 1.82) is 0 Å². The van der Waals surface area contributed by atoms with Crippen molar-refractivity contribution in [3.05, 3.63) is 60.4 Å². The van der Waals surface area contributed by atoms with E-state index in [2.05, 4.69) is 59.3 Å². The Kier molecular flexibility index (Phi) is 8.93. The van der Waals surface area contributed by atoms with Gasteiger partial charge in [0.15, 0.2) is 0 Å². The summed E-state index contributed by atoms with van der Waals surface area (Å²) in [6.45, 7) is 6.45. The number of piperazine rings is 1. The van der Waals surface area contributed by atoms with Crippen molar-refractivity contribution in [1.82, 2.24) is 30.5 Å². The van der Waals surface area contributed by atoms with Crippen LogP contribution in [0.5, 0.6) is 0 Å². The van der Waals surface area contributed by atoms with Crippen LogP contribution in [0.25, 0.3) is 11.3 Å². The molecular weight excluding hydrogens is 444 g/mol. The summed E-state index contributed by atoms with van der Waals surface area (Å²) in [5.74, 6) is 0.455. The van der Waals surface area contributed by atoms with Gasteiger partial charge in [0.25, 0.3) is 0 Å². The summed E-state index contributed by atoms with van der Waals surface area (Å²) in [5.41, 5.74) is 3.91. The molecule has 0 spiro atoms. The fourth-order valence-electron chi connectivity index (χ4n) is 3.86. The van der Waals surface area contributed by atoms with Crippen LogP contribution in [0.2, 0.25) is 0 Å². The Hall–Kier alpha value is -3.60. The topological polar surface area (TPSA) is 127 Å². The van der Waals surface area contributed by atoms with Crippen molar-refractivity contribution >= 4 is 23.4 Å². The van der Waals surface area contributed by atoms with Crippen LogP contribution in [0.3, 0.4) is 0 Å². The molecule has 0 bridgehead atoms. The maximum absolute atomic E-state index is 10.5. The van der Waals surface area contributed by atoms with E-state index in [1.165, 1.54) is 5.56 Å². The van der Waals surface area contributed by atoms with Crippen molar-refractivity contribution in [3.8, 4) is 11.3 Å². The van der Waals surface area contributed by atoms with Crippen LogP contribution in [0.4, 0.5) is 17.5 Å². The number of anilines is 3. The molecule has 10 nitrogen and oxygen atoms in total. The van der Waals surface area contributed by atoms with E-state index >= 15 is 0 Å². The second kappa shape index (κ2) is 12.7.